The van der Waals surface area contributed by atoms with E-state index in [4.69, 9.17) is 0 Å². The number of hydrogen-bond donors (Lipinski definition) is 1. The molecule has 1 N–H and O–H groups in total. The zero-order chi connectivity index (χ0) is 14.9. The molecule has 1 aromatic rings. The molecule has 0 bridgehead atoms. The quantitative estimate of drug-likeness (QED) is 0.925. The number of hydrogen-bond acceptors (Lipinski definition) is 3. The molecule has 6 heteroatoms. The Morgan fingerprint density at radius 2 is 1.95 bits per heavy atom. The Morgan fingerprint density at radius 1 is 1.29 bits per heavy atom. The van der Waals surface area contributed by atoms with Gasteiger partial charge in [0.1, 0.15) is 0 Å². The lowest BCUT2D eigenvalue weighted by atomic mass is 10.0. The lowest BCUT2D eigenvalue weighted by Gasteiger charge is -2.37. The molecule has 1 heterocycles. The third-order valence-electron chi connectivity index (χ3n) is 4.11. The molecule has 0 amide bonds. The van der Waals surface area contributed by atoms with Crippen molar-refractivity contribution in [2.45, 2.75) is 50.6 Å². The molecule has 4 nitrogen and oxygen atoms in total. The number of piperazine rings is 1. The Bertz CT molecular complexity index is 575. The number of rotatable bonds is 3. The van der Waals surface area contributed by atoms with E-state index in [0.29, 0.717) is 23.9 Å². The molecule has 0 radical (unpaired) electrons. The predicted molar refractivity (Wildman–Crippen MR) is 88.6 cm³/mol. The van der Waals surface area contributed by atoms with Crippen LogP contribution in [0.1, 0.15) is 39.2 Å². The van der Waals surface area contributed by atoms with Gasteiger partial charge in [-0.25, -0.2) is 8.42 Å². The van der Waals surface area contributed by atoms with E-state index in [-0.39, 0.29) is 24.5 Å². The van der Waals surface area contributed by atoms with Crippen LogP contribution in [-0.2, 0) is 10.0 Å². The third-order valence-corrected chi connectivity index (χ3v) is 6.09. The molecule has 1 aliphatic heterocycles. The van der Waals surface area contributed by atoms with Gasteiger partial charge in [0, 0.05) is 25.2 Å². The first-order valence-corrected chi connectivity index (χ1v) is 8.63. The molecule has 1 aromatic carbocycles. The number of halogens is 1. The largest absolute Gasteiger partial charge is 0.311 e. The van der Waals surface area contributed by atoms with Gasteiger partial charge >= 0.3 is 0 Å². The summed E-state index contributed by atoms with van der Waals surface area (Å²) in [5.74, 6) is 0.324. The van der Waals surface area contributed by atoms with Gasteiger partial charge in [0.05, 0.1) is 4.90 Å². The fourth-order valence-corrected chi connectivity index (χ4v) is 4.29. The van der Waals surface area contributed by atoms with E-state index in [2.05, 4.69) is 19.2 Å². The van der Waals surface area contributed by atoms with Gasteiger partial charge in [0.2, 0.25) is 10.0 Å². The summed E-state index contributed by atoms with van der Waals surface area (Å²) in [6.45, 7) is 9.36. The van der Waals surface area contributed by atoms with Crippen molar-refractivity contribution in [3.8, 4) is 0 Å². The van der Waals surface area contributed by atoms with Crippen molar-refractivity contribution in [2.24, 2.45) is 0 Å². The number of benzene rings is 1. The van der Waals surface area contributed by atoms with E-state index in [1.807, 2.05) is 26.0 Å². The Kier molecular flexibility index (Phi) is 6.23. The van der Waals surface area contributed by atoms with Gasteiger partial charge in [0.15, 0.2) is 0 Å². The van der Waals surface area contributed by atoms with E-state index in [1.54, 1.807) is 16.4 Å². The second kappa shape index (κ2) is 7.09. The van der Waals surface area contributed by atoms with Crippen molar-refractivity contribution >= 4 is 22.4 Å². The van der Waals surface area contributed by atoms with Gasteiger partial charge in [-0.2, -0.15) is 4.31 Å². The van der Waals surface area contributed by atoms with Gasteiger partial charge in [-0.1, -0.05) is 26.0 Å². The molecule has 2 rings (SSSR count). The Hall–Kier alpha value is -0.620. The minimum absolute atomic E-state index is 0. The molecule has 1 saturated heterocycles. The summed E-state index contributed by atoms with van der Waals surface area (Å²) in [6.07, 6.45) is 0. The second-order valence-electron chi connectivity index (χ2n) is 5.83. The van der Waals surface area contributed by atoms with E-state index in [0.717, 1.165) is 5.56 Å². The van der Waals surface area contributed by atoms with Crippen LogP contribution in [-0.4, -0.2) is 37.9 Å². The first-order chi connectivity index (χ1) is 9.34. The average Bonchev–Trinajstić information content (AvgIpc) is 2.41. The Labute approximate surface area is 134 Å². The predicted octanol–water partition coefficient (Wildman–Crippen LogP) is 2.60. The van der Waals surface area contributed by atoms with Crippen molar-refractivity contribution < 1.29 is 8.42 Å². The summed E-state index contributed by atoms with van der Waals surface area (Å²) >= 11 is 0. The highest BCUT2D eigenvalue weighted by atomic mass is 35.5. The first-order valence-electron chi connectivity index (χ1n) is 7.19. The van der Waals surface area contributed by atoms with Crippen molar-refractivity contribution in [3.63, 3.8) is 0 Å². The summed E-state index contributed by atoms with van der Waals surface area (Å²) < 4.78 is 27.3. The summed E-state index contributed by atoms with van der Waals surface area (Å²) in [5.41, 5.74) is 1.06. The lowest BCUT2D eigenvalue weighted by molar-refractivity contribution is 0.233. The molecular formula is C15H25ClN2O2S. The maximum Gasteiger partial charge on any atom is 0.243 e. The zero-order valence-electron chi connectivity index (χ0n) is 13.0. The van der Waals surface area contributed by atoms with Gasteiger partial charge < -0.3 is 5.32 Å². The summed E-state index contributed by atoms with van der Waals surface area (Å²) in [4.78, 5) is 0.407. The van der Waals surface area contributed by atoms with Crippen LogP contribution >= 0.6 is 12.4 Å². The van der Waals surface area contributed by atoms with E-state index in [9.17, 15) is 8.42 Å². The van der Waals surface area contributed by atoms with Gasteiger partial charge in [-0.15, -0.1) is 12.4 Å². The minimum atomic E-state index is -3.41. The summed E-state index contributed by atoms with van der Waals surface area (Å²) in [7, 11) is -3.41. The van der Waals surface area contributed by atoms with Gasteiger partial charge in [0.25, 0.3) is 0 Å². The highest BCUT2D eigenvalue weighted by Crippen LogP contribution is 2.24. The molecule has 0 spiro atoms. The normalized spacial score (nSPS) is 23.9. The Balaban J connectivity index is 0.00000220. The lowest BCUT2D eigenvalue weighted by Crippen LogP contribution is -2.57. The molecule has 0 saturated carbocycles. The molecule has 0 aromatic heterocycles. The van der Waals surface area contributed by atoms with E-state index in [1.165, 1.54) is 0 Å². The van der Waals surface area contributed by atoms with Crippen LogP contribution in [0.4, 0.5) is 0 Å². The van der Waals surface area contributed by atoms with Crippen LogP contribution in [0.5, 0.6) is 0 Å². The number of nitrogens with one attached hydrogen (secondary N) is 1. The van der Waals surface area contributed by atoms with Gasteiger partial charge in [-0.05, 0) is 37.5 Å². The molecule has 21 heavy (non-hydrogen) atoms. The average molecular weight is 333 g/mol. The molecule has 120 valence electrons. The van der Waals surface area contributed by atoms with Crippen LogP contribution in [0.2, 0.25) is 0 Å². The maximum absolute atomic E-state index is 12.8. The fourth-order valence-electron chi connectivity index (χ4n) is 2.53. The van der Waals surface area contributed by atoms with Gasteiger partial charge in [-0.3, -0.25) is 0 Å². The smallest absolute Gasteiger partial charge is 0.243 e. The van der Waals surface area contributed by atoms with Crippen LogP contribution in [0.25, 0.3) is 0 Å². The Morgan fingerprint density at radius 3 is 2.57 bits per heavy atom. The van der Waals surface area contributed by atoms with Crippen molar-refractivity contribution in [1.29, 1.82) is 0 Å². The minimum Gasteiger partial charge on any atom is -0.311 e. The highest BCUT2D eigenvalue weighted by molar-refractivity contribution is 7.89. The molecule has 2 unspecified atom stereocenters. The van der Waals surface area contributed by atoms with Crippen molar-refractivity contribution in [3.05, 3.63) is 29.8 Å². The first kappa shape index (κ1) is 18.4. The topological polar surface area (TPSA) is 49.4 Å². The van der Waals surface area contributed by atoms with E-state index >= 15 is 0 Å². The summed E-state index contributed by atoms with van der Waals surface area (Å²) in [5, 5.41) is 3.31. The van der Waals surface area contributed by atoms with Crippen molar-refractivity contribution in [2.75, 3.05) is 13.1 Å². The fraction of sp³-hybridized carbons (Fsp3) is 0.600. The van der Waals surface area contributed by atoms with Crippen LogP contribution in [0.15, 0.2) is 29.2 Å². The van der Waals surface area contributed by atoms with Crippen molar-refractivity contribution in [1.82, 2.24) is 9.62 Å². The third kappa shape index (κ3) is 3.77. The molecular weight excluding hydrogens is 308 g/mol. The zero-order valence-corrected chi connectivity index (χ0v) is 14.7. The summed E-state index contributed by atoms with van der Waals surface area (Å²) in [6, 6.07) is 7.45. The molecule has 0 aliphatic carbocycles. The highest BCUT2D eigenvalue weighted by Gasteiger charge is 2.34. The van der Waals surface area contributed by atoms with E-state index < -0.39 is 10.0 Å². The molecule has 1 fully saturated rings. The number of nitrogens with zero attached hydrogens (tertiary/aromatic N) is 1. The number of sulfonamides is 1. The standard InChI is InChI=1S/C15H24N2O2S.ClH/c1-11(2)14-6-5-7-15(10-14)20(18,19)17-9-8-16-12(3)13(17)4;/h5-7,10-13,16H,8-9H2,1-4H3;1H. The monoisotopic (exact) mass is 332 g/mol. The van der Waals surface area contributed by atoms with Crippen LogP contribution < -0.4 is 5.32 Å². The second-order valence-corrected chi connectivity index (χ2v) is 7.72. The van der Waals surface area contributed by atoms with Crippen LogP contribution in [0, 0.1) is 0 Å². The molecule has 1 aliphatic rings. The maximum atomic E-state index is 12.8. The molecule has 2 atom stereocenters. The van der Waals surface area contributed by atoms with Crippen LogP contribution in [0.3, 0.4) is 0 Å². The SMILES string of the molecule is CC(C)c1cccc(S(=O)(=O)N2CCNC(C)C2C)c1.Cl.